The topological polar surface area (TPSA) is 43.1 Å². The number of nitrogens with two attached hydrogens (primary N) is 1. The second-order valence-electron chi connectivity index (χ2n) is 4.74. The number of Topliss-reactive ketones (excluding diaryl/α,β-unsaturated/α-hetero) is 1. The third kappa shape index (κ3) is 2.81. The first-order valence-electron chi connectivity index (χ1n) is 6.21. The number of rotatable bonds is 3. The number of anilines is 1. The van der Waals surface area contributed by atoms with Gasteiger partial charge in [-0.05, 0) is 36.5 Å². The lowest BCUT2D eigenvalue weighted by Crippen LogP contribution is -2.09. The Hall–Kier alpha value is -1.02. The molecule has 2 nitrogen and oxygen atoms in total. The van der Waals surface area contributed by atoms with Gasteiger partial charge >= 0.3 is 0 Å². The van der Waals surface area contributed by atoms with Crippen LogP contribution in [-0.4, -0.2) is 11.7 Å². The Morgan fingerprint density at radius 3 is 2.65 bits per heavy atom. The van der Waals surface area contributed by atoms with Crippen molar-refractivity contribution in [1.82, 2.24) is 0 Å². The first kappa shape index (κ1) is 12.4. The van der Waals surface area contributed by atoms with Crippen molar-refractivity contribution >= 4 is 23.1 Å². The van der Waals surface area contributed by atoms with Crippen LogP contribution in [0.4, 0.5) is 5.69 Å². The van der Waals surface area contributed by atoms with Gasteiger partial charge in [-0.15, -0.1) is 11.6 Å². The molecule has 0 spiro atoms. The number of benzene rings is 1. The molecule has 0 atom stereocenters. The van der Waals surface area contributed by atoms with Crippen molar-refractivity contribution in [3.63, 3.8) is 0 Å². The molecule has 0 saturated heterocycles. The second-order valence-corrected chi connectivity index (χ2v) is 5.01. The minimum Gasteiger partial charge on any atom is -0.398 e. The first-order chi connectivity index (χ1) is 8.22. The zero-order valence-corrected chi connectivity index (χ0v) is 10.7. The van der Waals surface area contributed by atoms with Crippen LogP contribution in [0.15, 0.2) is 18.2 Å². The molecule has 1 aromatic carbocycles. The number of halogens is 1. The highest BCUT2D eigenvalue weighted by Crippen LogP contribution is 2.33. The van der Waals surface area contributed by atoms with Gasteiger partial charge < -0.3 is 5.73 Å². The maximum atomic E-state index is 11.7. The Balaban J connectivity index is 2.26. The summed E-state index contributed by atoms with van der Waals surface area (Å²) in [4.78, 5) is 11.7. The molecule has 2 N–H and O–H groups in total. The largest absolute Gasteiger partial charge is 0.398 e. The van der Waals surface area contributed by atoms with Crippen LogP contribution in [0, 0.1) is 0 Å². The molecule has 0 aliphatic heterocycles. The van der Waals surface area contributed by atoms with Gasteiger partial charge in [-0.3, -0.25) is 4.79 Å². The van der Waals surface area contributed by atoms with Crippen molar-refractivity contribution in [2.24, 2.45) is 0 Å². The Bertz CT molecular complexity index is 411. The number of hydrogen-bond acceptors (Lipinski definition) is 2. The highest BCUT2D eigenvalue weighted by atomic mass is 35.5. The summed E-state index contributed by atoms with van der Waals surface area (Å²) in [7, 11) is 0. The van der Waals surface area contributed by atoms with Crippen molar-refractivity contribution in [1.29, 1.82) is 0 Å². The molecule has 17 heavy (non-hydrogen) atoms. The van der Waals surface area contributed by atoms with Crippen molar-refractivity contribution in [3.05, 3.63) is 29.3 Å². The van der Waals surface area contributed by atoms with E-state index >= 15 is 0 Å². The predicted octanol–water partition coefficient (Wildman–Crippen LogP) is 3.74. The lowest BCUT2D eigenvalue weighted by molar-refractivity contribution is 0.102. The molecule has 0 bridgehead atoms. The third-order valence-corrected chi connectivity index (χ3v) is 3.82. The summed E-state index contributed by atoms with van der Waals surface area (Å²) in [5.41, 5.74) is 8.18. The summed E-state index contributed by atoms with van der Waals surface area (Å²) in [6.45, 7) is 0. The molecule has 92 valence electrons. The molecule has 0 unspecified atom stereocenters. The van der Waals surface area contributed by atoms with Crippen LogP contribution in [-0.2, 0) is 0 Å². The fraction of sp³-hybridized carbons (Fsp3) is 0.500. The summed E-state index contributed by atoms with van der Waals surface area (Å²) in [6.07, 6.45) is 6.34. The molecule has 1 aromatic rings. The molecule has 1 aliphatic rings. The Morgan fingerprint density at radius 1 is 1.29 bits per heavy atom. The maximum absolute atomic E-state index is 11.7. The molecule has 1 saturated carbocycles. The monoisotopic (exact) mass is 251 g/mol. The summed E-state index contributed by atoms with van der Waals surface area (Å²) in [5, 5.41) is 0. The van der Waals surface area contributed by atoms with Gasteiger partial charge in [-0.25, -0.2) is 0 Å². The number of ketones is 1. The summed E-state index contributed by atoms with van der Waals surface area (Å²) < 4.78 is 0. The van der Waals surface area contributed by atoms with Gasteiger partial charge in [0.1, 0.15) is 0 Å². The molecular weight excluding hydrogens is 234 g/mol. The molecule has 0 aromatic heterocycles. The van der Waals surface area contributed by atoms with Gasteiger partial charge in [0, 0.05) is 11.3 Å². The van der Waals surface area contributed by atoms with Crippen molar-refractivity contribution < 1.29 is 4.79 Å². The molecule has 0 amide bonds. The van der Waals surface area contributed by atoms with Crippen LogP contribution in [0.1, 0.15) is 53.9 Å². The van der Waals surface area contributed by atoms with Crippen LogP contribution >= 0.6 is 11.6 Å². The number of hydrogen-bond donors (Lipinski definition) is 1. The lowest BCUT2D eigenvalue weighted by atomic mass is 9.83. The average Bonchev–Trinajstić information content (AvgIpc) is 2.39. The van der Waals surface area contributed by atoms with Crippen LogP contribution in [0.2, 0.25) is 0 Å². The van der Waals surface area contributed by atoms with Gasteiger partial charge in [0.25, 0.3) is 0 Å². The molecule has 0 radical (unpaired) electrons. The molecule has 3 heteroatoms. The number of nitrogen functional groups attached to an aromatic ring is 1. The molecule has 0 heterocycles. The minimum atomic E-state index is -0.0816. The van der Waals surface area contributed by atoms with Crippen LogP contribution in [0.5, 0.6) is 0 Å². The Kier molecular flexibility index (Phi) is 4.06. The normalized spacial score (nSPS) is 17.0. The zero-order valence-electron chi connectivity index (χ0n) is 9.92. The summed E-state index contributed by atoms with van der Waals surface area (Å²) >= 11 is 5.59. The fourth-order valence-corrected chi connectivity index (χ4v) is 2.72. The molecule has 2 rings (SSSR count). The fourth-order valence-electron chi connectivity index (χ4n) is 2.58. The van der Waals surface area contributed by atoms with Crippen LogP contribution < -0.4 is 5.73 Å². The van der Waals surface area contributed by atoms with E-state index in [2.05, 4.69) is 6.07 Å². The van der Waals surface area contributed by atoms with E-state index in [0.29, 0.717) is 17.2 Å². The van der Waals surface area contributed by atoms with E-state index in [1.165, 1.54) is 37.7 Å². The van der Waals surface area contributed by atoms with E-state index in [1.54, 1.807) is 0 Å². The van der Waals surface area contributed by atoms with E-state index in [0.717, 1.165) is 0 Å². The van der Waals surface area contributed by atoms with Crippen LogP contribution in [0.3, 0.4) is 0 Å². The van der Waals surface area contributed by atoms with E-state index in [1.807, 2.05) is 12.1 Å². The minimum absolute atomic E-state index is 0.00167. The highest BCUT2D eigenvalue weighted by molar-refractivity contribution is 6.31. The van der Waals surface area contributed by atoms with E-state index in [9.17, 15) is 4.79 Å². The van der Waals surface area contributed by atoms with Crippen molar-refractivity contribution in [2.45, 2.75) is 38.0 Å². The number of alkyl halides is 1. The van der Waals surface area contributed by atoms with E-state index in [4.69, 9.17) is 17.3 Å². The van der Waals surface area contributed by atoms with Gasteiger partial charge in [0.05, 0.1) is 5.88 Å². The summed E-state index contributed by atoms with van der Waals surface area (Å²) in [5.74, 6) is 0.506. The average molecular weight is 252 g/mol. The molecule has 1 aliphatic carbocycles. The highest BCUT2D eigenvalue weighted by Gasteiger charge is 2.17. The number of carbonyl (C=O) groups is 1. The SMILES string of the molecule is Nc1ccc(C2CCCCC2)cc1C(=O)CCl. The predicted molar refractivity (Wildman–Crippen MR) is 71.7 cm³/mol. The third-order valence-electron chi connectivity index (χ3n) is 3.58. The zero-order chi connectivity index (χ0) is 12.3. The standard InChI is InChI=1S/C14H18ClNO/c15-9-14(17)12-8-11(6-7-13(12)16)10-4-2-1-3-5-10/h6-8,10H,1-5,9,16H2. The number of carbonyl (C=O) groups excluding carboxylic acids is 1. The Morgan fingerprint density at radius 2 is 2.00 bits per heavy atom. The van der Waals surface area contributed by atoms with Gasteiger partial charge in [-0.2, -0.15) is 0 Å². The second kappa shape index (κ2) is 5.54. The summed E-state index contributed by atoms with van der Waals surface area (Å²) in [6, 6.07) is 5.83. The van der Waals surface area contributed by atoms with Crippen molar-refractivity contribution in [3.8, 4) is 0 Å². The van der Waals surface area contributed by atoms with Gasteiger partial charge in [0.2, 0.25) is 0 Å². The lowest BCUT2D eigenvalue weighted by Gasteiger charge is -2.22. The van der Waals surface area contributed by atoms with Crippen LogP contribution in [0.25, 0.3) is 0 Å². The quantitative estimate of drug-likeness (QED) is 0.505. The first-order valence-corrected chi connectivity index (χ1v) is 6.74. The van der Waals surface area contributed by atoms with Gasteiger partial charge in [-0.1, -0.05) is 25.3 Å². The molecular formula is C14H18ClNO. The Labute approximate surface area is 107 Å². The smallest absolute Gasteiger partial charge is 0.179 e. The van der Waals surface area contributed by atoms with Gasteiger partial charge in [0.15, 0.2) is 5.78 Å². The maximum Gasteiger partial charge on any atom is 0.179 e. The van der Waals surface area contributed by atoms with E-state index < -0.39 is 0 Å². The van der Waals surface area contributed by atoms with E-state index in [-0.39, 0.29) is 11.7 Å². The molecule has 1 fully saturated rings. The van der Waals surface area contributed by atoms with Crippen molar-refractivity contribution in [2.75, 3.05) is 11.6 Å².